The van der Waals surface area contributed by atoms with Gasteiger partial charge in [-0.1, -0.05) is 44.4 Å². The van der Waals surface area contributed by atoms with E-state index in [1.54, 1.807) is 19.2 Å². The van der Waals surface area contributed by atoms with Gasteiger partial charge in [-0.2, -0.15) is 13.2 Å². The summed E-state index contributed by atoms with van der Waals surface area (Å²) in [5.74, 6) is 0. The predicted octanol–water partition coefficient (Wildman–Crippen LogP) is 4.55. The molecule has 0 aliphatic carbocycles. The molecule has 102 valence electrons. The molecule has 18 heavy (non-hydrogen) atoms. The van der Waals surface area contributed by atoms with Crippen LogP contribution in [0.5, 0.6) is 0 Å². The second-order valence-corrected chi connectivity index (χ2v) is 4.42. The number of rotatable bonds is 6. The average Bonchev–Trinajstić information content (AvgIpc) is 2.34. The summed E-state index contributed by atoms with van der Waals surface area (Å²) in [5.41, 5.74) is -0.176. The molecule has 1 aromatic rings. The minimum Gasteiger partial charge on any atom is -0.313 e. The summed E-state index contributed by atoms with van der Waals surface area (Å²) in [4.78, 5) is 0. The summed E-state index contributed by atoms with van der Waals surface area (Å²) in [6.07, 6.45) is -0.494. The van der Waals surface area contributed by atoms with E-state index in [1.165, 1.54) is 6.07 Å². The second kappa shape index (κ2) is 6.78. The Morgan fingerprint density at radius 1 is 1.17 bits per heavy atom. The highest BCUT2D eigenvalue weighted by Gasteiger charge is 2.34. The van der Waals surface area contributed by atoms with Gasteiger partial charge in [-0.15, -0.1) is 0 Å². The Labute approximate surface area is 106 Å². The molecule has 0 amide bonds. The zero-order valence-electron chi connectivity index (χ0n) is 10.8. The van der Waals surface area contributed by atoms with Crippen molar-refractivity contribution in [2.24, 2.45) is 0 Å². The van der Waals surface area contributed by atoms with E-state index in [0.29, 0.717) is 5.56 Å². The number of nitrogens with one attached hydrogen (secondary N) is 1. The van der Waals surface area contributed by atoms with Gasteiger partial charge < -0.3 is 5.32 Å². The van der Waals surface area contributed by atoms with Crippen molar-refractivity contribution in [2.75, 3.05) is 7.05 Å². The van der Waals surface area contributed by atoms with Crippen molar-refractivity contribution in [2.45, 2.75) is 44.8 Å². The van der Waals surface area contributed by atoms with Crippen molar-refractivity contribution in [1.29, 1.82) is 0 Å². The molecule has 1 unspecified atom stereocenters. The van der Waals surface area contributed by atoms with Crippen LogP contribution in [0.15, 0.2) is 24.3 Å². The molecule has 0 saturated carbocycles. The number of hydrogen-bond acceptors (Lipinski definition) is 1. The molecule has 0 aliphatic heterocycles. The first-order valence-corrected chi connectivity index (χ1v) is 6.34. The molecule has 1 atom stereocenters. The smallest absolute Gasteiger partial charge is 0.313 e. The molecule has 0 saturated heterocycles. The van der Waals surface area contributed by atoms with Crippen LogP contribution in [-0.4, -0.2) is 7.05 Å². The summed E-state index contributed by atoms with van der Waals surface area (Å²) < 4.78 is 38.7. The Bertz CT molecular complexity index is 360. The lowest BCUT2D eigenvalue weighted by atomic mass is 9.95. The Kier molecular flexibility index (Phi) is 5.66. The Morgan fingerprint density at radius 2 is 1.83 bits per heavy atom. The van der Waals surface area contributed by atoms with E-state index in [-0.39, 0.29) is 6.04 Å². The van der Waals surface area contributed by atoms with E-state index in [4.69, 9.17) is 0 Å². The number of alkyl halides is 3. The van der Waals surface area contributed by atoms with Gasteiger partial charge in [-0.05, 0) is 25.1 Å². The summed E-state index contributed by atoms with van der Waals surface area (Å²) in [6, 6.07) is 5.59. The van der Waals surface area contributed by atoms with Crippen molar-refractivity contribution in [3.8, 4) is 0 Å². The fourth-order valence-corrected chi connectivity index (χ4v) is 2.11. The van der Waals surface area contributed by atoms with Gasteiger partial charge in [-0.25, -0.2) is 0 Å². The molecule has 0 aromatic heterocycles. The average molecular weight is 259 g/mol. The first kappa shape index (κ1) is 15.0. The normalized spacial score (nSPS) is 13.6. The minimum absolute atomic E-state index is 0.227. The van der Waals surface area contributed by atoms with Gasteiger partial charge in [-0.3, -0.25) is 0 Å². The van der Waals surface area contributed by atoms with E-state index in [1.807, 2.05) is 0 Å². The topological polar surface area (TPSA) is 12.0 Å². The van der Waals surface area contributed by atoms with Gasteiger partial charge in [0.1, 0.15) is 0 Å². The minimum atomic E-state index is -4.28. The van der Waals surface area contributed by atoms with E-state index in [9.17, 15) is 13.2 Å². The maximum atomic E-state index is 12.9. The maximum Gasteiger partial charge on any atom is 0.416 e. The lowest BCUT2D eigenvalue weighted by Gasteiger charge is -2.21. The second-order valence-electron chi connectivity index (χ2n) is 4.42. The molecule has 0 heterocycles. The van der Waals surface area contributed by atoms with Crippen LogP contribution in [0.1, 0.15) is 49.8 Å². The van der Waals surface area contributed by atoms with Gasteiger partial charge in [0, 0.05) is 6.04 Å². The Morgan fingerprint density at radius 3 is 2.39 bits per heavy atom. The maximum absolute atomic E-state index is 12.9. The van der Waals surface area contributed by atoms with Crippen LogP contribution in [0.3, 0.4) is 0 Å². The molecule has 1 N–H and O–H groups in total. The van der Waals surface area contributed by atoms with Crippen LogP contribution < -0.4 is 5.32 Å². The first-order chi connectivity index (χ1) is 8.50. The van der Waals surface area contributed by atoms with Gasteiger partial charge in [0.2, 0.25) is 0 Å². The molecule has 1 nitrogen and oxygen atoms in total. The monoisotopic (exact) mass is 259 g/mol. The molecule has 0 spiro atoms. The highest BCUT2D eigenvalue weighted by Crippen LogP contribution is 2.35. The van der Waals surface area contributed by atoms with Crippen molar-refractivity contribution in [3.05, 3.63) is 35.4 Å². The first-order valence-electron chi connectivity index (χ1n) is 6.34. The fraction of sp³-hybridized carbons (Fsp3) is 0.571. The molecule has 4 heteroatoms. The predicted molar refractivity (Wildman–Crippen MR) is 67.4 cm³/mol. The largest absolute Gasteiger partial charge is 0.416 e. The molecule has 0 fully saturated rings. The number of hydrogen-bond donors (Lipinski definition) is 1. The summed E-state index contributed by atoms with van der Waals surface area (Å²) in [7, 11) is 1.71. The number of benzene rings is 1. The molecule has 0 aliphatic rings. The van der Waals surface area contributed by atoms with Crippen LogP contribution in [0.25, 0.3) is 0 Å². The zero-order valence-corrected chi connectivity index (χ0v) is 10.8. The van der Waals surface area contributed by atoms with E-state index < -0.39 is 11.7 Å². The number of unbranched alkanes of at least 4 members (excludes halogenated alkanes) is 2. The van der Waals surface area contributed by atoms with Crippen LogP contribution in [0, 0.1) is 0 Å². The molecule has 1 aromatic carbocycles. The SMILES string of the molecule is CCCCCC(NC)c1ccccc1C(F)(F)F. The summed E-state index contributed by atoms with van der Waals surface area (Å²) in [5, 5.41) is 2.99. The third-order valence-corrected chi connectivity index (χ3v) is 3.09. The van der Waals surface area contributed by atoms with E-state index >= 15 is 0 Å². The van der Waals surface area contributed by atoms with Crippen LogP contribution in [0.4, 0.5) is 13.2 Å². The molecule has 0 bridgehead atoms. The van der Waals surface area contributed by atoms with Crippen molar-refractivity contribution < 1.29 is 13.2 Å². The van der Waals surface area contributed by atoms with Crippen LogP contribution in [-0.2, 0) is 6.18 Å². The molecular weight excluding hydrogens is 239 g/mol. The van der Waals surface area contributed by atoms with Crippen molar-refractivity contribution in [3.63, 3.8) is 0 Å². The quantitative estimate of drug-likeness (QED) is 0.739. The van der Waals surface area contributed by atoms with E-state index in [0.717, 1.165) is 31.7 Å². The molecule has 1 rings (SSSR count). The van der Waals surface area contributed by atoms with Gasteiger partial charge in [0.05, 0.1) is 5.56 Å². The Balaban J connectivity index is 2.91. The lowest BCUT2D eigenvalue weighted by molar-refractivity contribution is -0.138. The molecular formula is C14H20F3N. The third-order valence-electron chi connectivity index (χ3n) is 3.09. The Hall–Kier alpha value is -1.03. The van der Waals surface area contributed by atoms with E-state index in [2.05, 4.69) is 12.2 Å². The van der Waals surface area contributed by atoms with Crippen LogP contribution in [0.2, 0.25) is 0 Å². The lowest BCUT2D eigenvalue weighted by Crippen LogP contribution is -2.20. The standard InChI is InChI=1S/C14H20F3N/c1-3-4-5-10-13(18-2)11-8-6-7-9-12(11)14(15,16)17/h6-9,13,18H,3-5,10H2,1-2H3. The van der Waals surface area contributed by atoms with Gasteiger partial charge >= 0.3 is 6.18 Å². The van der Waals surface area contributed by atoms with Crippen molar-refractivity contribution in [1.82, 2.24) is 5.32 Å². The summed E-state index contributed by atoms with van der Waals surface area (Å²) >= 11 is 0. The highest BCUT2D eigenvalue weighted by molar-refractivity contribution is 5.32. The van der Waals surface area contributed by atoms with Crippen LogP contribution >= 0.6 is 0 Å². The van der Waals surface area contributed by atoms with Gasteiger partial charge in [0.15, 0.2) is 0 Å². The van der Waals surface area contributed by atoms with Gasteiger partial charge in [0.25, 0.3) is 0 Å². The molecule has 0 radical (unpaired) electrons. The fourth-order valence-electron chi connectivity index (χ4n) is 2.11. The zero-order chi connectivity index (χ0) is 13.6. The van der Waals surface area contributed by atoms with Crippen molar-refractivity contribution >= 4 is 0 Å². The third kappa shape index (κ3) is 4.02. The highest BCUT2D eigenvalue weighted by atomic mass is 19.4. The number of halogens is 3. The summed E-state index contributed by atoms with van der Waals surface area (Å²) in [6.45, 7) is 2.08.